The van der Waals surface area contributed by atoms with Crippen LogP contribution >= 0.6 is 0 Å². The summed E-state index contributed by atoms with van der Waals surface area (Å²) in [5, 5.41) is 0. The second kappa shape index (κ2) is 6.60. The fourth-order valence-corrected chi connectivity index (χ4v) is 3.67. The SMILES string of the molecule is COc1ccc2c(c1)CCC(c1ccccc1)=C2c1ccc(C)cc1. The molecule has 1 aliphatic rings. The minimum absolute atomic E-state index is 0.935. The van der Waals surface area contributed by atoms with E-state index in [0.717, 1.165) is 18.6 Å². The van der Waals surface area contributed by atoms with Crippen LogP contribution in [-0.2, 0) is 6.42 Å². The van der Waals surface area contributed by atoms with Crippen LogP contribution in [0.3, 0.4) is 0 Å². The normalized spacial score (nSPS) is 13.5. The number of ether oxygens (including phenoxy) is 1. The summed E-state index contributed by atoms with van der Waals surface area (Å²) in [6.07, 6.45) is 2.10. The van der Waals surface area contributed by atoms with Crippen molar-refractivity contribution >= 4 is 11.1 Å². The van der Waals surface area contributed by atoms with Gasteiger partial charge in [0.05, 0.1) is 7.11 Å². The first kappa shape index (κ1) is 15.7. The Balaban J connectivity index is 1.96. The monoisotopic (exact) mass is 326 g/mol. The summed E-state index contributed by atoms with van der Waals surface area (Å²) in [5.41, 5.74) is 9.38. The number of hydrogen-bond donors (Lipinski definition) is 0. The van der Waals surface area contributed by atoms with Gasteiger partial charge in [-0.3, -0.25) is 0 Å². The lowest BCUT2D eigenvalue weighted by molar-refractivity contribution is 0.414. The van der Waals surface area contributed by atoms with Crippen molar-refractivity contribution in [1.82, 2.24) is 0 Å². The van der Waals surface area contributed by atoms with E-state index in [1.807, 2.05) is 0 Å². The Morgan fingerprint density at radius 1 is 0.760 bits per heavy atom. The van der Waals surface area contributed by atoms with Gasteiger partial charge in [0, 0.05) is 0 Å². The average molecular weight is 326 g/mol. The molecule has 0 N–H and O–H groups in total. The molecule has 25 heavy (non-hydrogen) atoms. The summed E-state index contributed by atoms with van der Waals surface area (Å²) in [6, 6.07) is 26.1. The first-order chi connectivity index (χ1) is 12.3. The van der Waals surface area contributed by atoms with Crippen LogP contribution in [0.15, 0.2) is 72.8 Å². The van der Waals surface area contributed by atoms with Crippen molar-refractivity contribution in [2.75, 3.05) is 7.11 Å². The van der Waals surface area contributed by atoms with Gasteiger partial charge >= 0.3 is 0 Å². The minimum Gasteiger partial charge on any atom is -0.497 e. The lowest BCUT2D eigenvalue weighted by atomic mass is 9.79. The van der Waals surface area contributed by atoms with Gasteiger partial charge in [0.1, 0.15) is 5.75 Å². The zero-order valence-electron chi connectivity index (χ0n) is 14.8. The number of hydrogen-bond acceptors (Lipinski definition) is 1. The van der Waals surface area contributed by atoms with Crippen LogP contribution in [0.25, 0.3) is 11.1 Å². The number of benzene rings is 3. The smallest absolute Gasteiger partial charge is 0.119 e. The molecule has 4 rings (SSSR count). The molecule has 0 spiro atoms. The molecule has 0 amide bonds. The van der Waals surface area contributed by atoms with Gasteiger partial charge in [-0.2, -0.15) is 0 Å². The average Bonchev–Trinajstić information content (AvgIpc) is 2.68. The van der Waals surface area contributed by atoms with Crippen LogP contribution in [0.2, 0.25) is 0 Å². The fourth-order valence-electron chi connectivity index (χ4n) is 3.67. The van der Waals surface area contributed by atoms with Crippen molar-refractivity contribution in [3.63, 3.8) is 0 Å². The number of rotatable bonds is 3. The molecule has 0 aromatic heterocycles. The molecule has 124 valence electrons. The van der Waals surface area contributed by atoms with Crippen LogP contribution in [0.5, 0.6) is 5.75 Å². The predicted octanol–water partition coefficient (Wildman–Crippen LogP) is 5.91. The molecule has 0 heterocycles. The second-order valence-electron chi connectivity index (χ2n) is 6.61. The third-order valence-electron chi connectivity index (χ3n) is 4.99. The van der Waals surface area contributed by atoms with E-state index in [2.05, 4.69) is 79.7 Å². The molecule has 0 unspecified atom stereocenters. The van der Waals surface area contributed by atoms with E-state index in [9.17, 15) is 0 Å². The van der Waals surface area contributed by atoms with Gasteiger partial charge < -0.3 is 4.74 Å². The quantitative estimate of drug-likeness (QED) is 0.581. The van der Waals surface area contributed by atoms with Crippen molar-refractivity contribution in [1.29, 1.82) is 0 Å². The molecule has 0 atom stereocenters. The van der Waals surface area contributed by atoms with Crippen LogP contribution < -0.4 is 4.74 Å². The molecule has 0 radical (unpaired) electrons. The first-order valence-corrected chi connectivity index (χ1v) is 8.79. The standard InChI is InChI=1S/C24H22O/c1-17-8-10-19(11-9-17)24-22(18-6-4-3-5-7-18)14-12-20-16-21(25-2)13-15-23(20)24/h3-11,13,15-16H,12,14H2,1-2H3. The van der Waals surface area contributed by atoms with Crippen molar-refractivity contribution in [2.24, 2.45) is 0 Å². The predicted molar refractivity (Wildman–Crippen MR) is 105 cm³/mol. The molecular weight excluding hydrogens is 304 g/mol. The molecule has 0 bridgehead atoms. The molecule has 0 saturated carbocycles. The van der Waals surface area contributed by atoms with E-state index >= 15 is 0 Å². The summed E-state index contributed by atoms with van der Waals surface area (Å²) in [7, 11) is 1.73. The van der Waals surface area contributed by atoms with E-state index < -0.39 is 0 Å². The van der Waals surface area contributed by atoms with Crippen LogP contribution in [0.1, 0.15) is 34.2 Å². The van der Waals surface area contributed by atoms with Gasteiger partial charge in [-0.05, 0) is 65.3 Å². The third-order valence-corrected chi connectivity index (χ3v) is 4.99. The number of allylic oxidation sites excluding steroid dienone is 1. The van der Waals surface area contributed by atoms with Gasteiger partial charge in [-0.1, -0.05) is 66.2 Å². The molecular formula is C24H22O. The van der Waals surface area contributed by atoms with Gasteiger partial charge in [0.2, 0.25) is 0 Å². The molecule has 0 saturated heterocycles. The summed E-state index contributed by atoms with van der Waals surface area (Å²) >= 11 is 0. The second-order valence-corrected chi connectivity index (χ2v) is 6.61. The van der Waals surface area contributed by atoms with Crippen molar-refractivity contribution in [2.45, 2.75) is 19.8 Å². The maximum atomic E-state index is 5.43. The number of aryl methyl sites for hydroxylation is 2. The Hall–Kier alpha value is -2.80. The minimum atomic E-state index is 0.935. The van der Waals surface area contributed by atoms with E-state index in [1.54, 1.807) is 7.11 Å². The molecule has 1 heteroatoms. The third kappa shape index (κ3) is 2.98. The van der Waals surface area contributed by atoms with Crippen molar-refractivity contribution in [3.05, 3.63) is 101 Å². The first-order valence-electron chi connectivity index (χ1n) is 8.79. The van der Waals surface area contributed by atoms with Crippen molar-refractivity contribution in [3.8, 4) is 5.75 Å². The molecule has 3 aromatic carbocycles. The highest BCUT2D eigenvalue weighted by Crippen LogP contribution is 2.41. The largest absolute Gasteiger partial charge is 0.497 e. The maximum absolute atomic E-state index is 5.43. The topological polar surface area (TPSA) is 9.23 Å². The van der Waals surface area contributed by atoms with E-state index in [-0.39, 0.29) is 0 Å². The maximum Gasteiger partial charge on any atom is 0.119 e. The Bertz CT molecular complexity index is 918. The van der Waals surface area contributed by atoms with E-state index in [1.165, 1.54) is 39.0 Å². The summed E-state index contributed by atoms with van der Waals surface area (Å²) < 4.78 is 5.43. The molecule has 0 fully saturated rings. The molecule has 1 nitrogen and oxygen atoms in total. The molecule has 1 aliphatic carbocycles. The van der Waals surface area contributed by atoms with Gasteiger partial charge in [0.15, 0.2) is 0 Å². The number of methoxy groups -OCH3 is 1. The molecule has 3 aromatic rings. The Kier molecular flexibility index (Phi) is 4.15. The Morgan fingerprint density at radius 3 is 2.24 bits per heavy atom. The highest BCUT2D eigenvalue weighted by Gasteiger charge is 2.21. The highest BCUT2D eigenvalue weighted by molar-refractivity contribution is 6.00. The highest BCUT2D eigenvalue weighted by atomic mass is 16.5. The van der Waals surface area contributed by atoms with E-state index in [4.69, 9.17) is 4.74 Å². The van der Waals surface area contributed by atoms with Gasteiger partial charge in [-0.25, -0.2) is 0 Å². The zero-order valence-corrected chi connectivity index (χ0v) is 14.8. The lowest BCUT2D eigenvalue weighted by Gasteiger charge is -2.25. The molecule has 0 aliphatic heterocycles. The van der Waals surface area contributed by atoms with Crippen molar-refractivity contribution < 1.29 is 4.74 Å². The Morgan fingerprint density at radius 2 is 1.52 bits per heavy atom. The fraction of sp³-hybridized carbons (Fsp3) is 0.167. The summed E-state index contributed by atoms with van der Waals surface area (Å²) in [5.74, 6) is 0.935. The number of fused-ring (bicyclic) bond motifs is 1. The lowest BCUT2D eigenvalue weighted by Crippen LogP contribution is -2.06. The van der Waals surface area contributed by atoms with Crippen LogP contribution in [0, 0.1) is 6.92 Å². The van der Waals surface area contributed by atoms with Crippen LogP contribution in [0.4, 0.5) is 0 Å². The van der Waals surface area contributed by atoms with Gasteiger partial charge in [-0.15, -0.1) is 0 Å². The summed E-state index contributed by atoms with van der Waals surface area (Å²) in [4.78, 5) is 0. The summed E-state index contributed by atoms with van der Waals surface area (Å²) in [6.45, 7) is 2.13. The van der Waals surface area contributed by atoms with E-state index in [0.29, 0.717) is 0 Å². The van der Waals surface area contributed by atoms with Crippen LogP contribution in [-0.4, -0.2) is 7.11 Å². The Labute approximate surface area is 149 Å². The van der Waals surface area contributed by atoms with Gasteiger partial charge in [0.25, 0.3) is 0 Å². The zero-order chi connectivity index (χ0) is 17.2.